The van der Waals surface area contributed by atoms with Crippen molar-refractivity contribution in [2.45, 2.75) is 62.8 Å². The SMILES string of the molecule is CN(C(C)(C)C(=O)CC1C2CC3CC1CC(C(N)=O)(C3)C2)S(=O)(=O)c1ccccc1Cl. The maximum absolute atomic E-state index is 13.4. The summed E-state index contributed by atoms with van der Waals surface area (Å²) >= 11 is 6.13. The first kappa shape index (κ1) is 22.7. The summed E-state index contributed by atoms with van der Waals surface area (Å²) in [5.41, 5.74) is 4.17. The van der Waals surface area contributed by atoms with E-state index >= 15 is 0 Å². The van der Waals surface area contributed by atoms with Crippen LogP contribution < -0.4 is 5.73 Å². The van der Waals surface area contributed by atoms with Gasteiger partial charge in [-0.25, -0.2) is 8.42 Å². The number of nitrogens with zero attached hydrogens (tertiary/aromatic N) is 1. The summed E-state index contributed by atoms with van der Waals surface area (Å²) in [5, 5.41) is 0.135. The Morgan fingerprint density at radius 1 is 1.16 bits per heavy atom. The number of hydrogen-bond acceptors (Lipinski definition) is 4. The Labute approximate surface area is 189 Å². The summed E-state index contributed by atoms with van der Waals surface area (Å²) < 4.78 is 27.5. The molecule has 0 radical (unpaired) electrons. The van der Waals surface area contributed by atoms with Gasteiger partial charge < -0.3 is 5.73 Å². The molecule has 8 heteroatoms. The predicted molar refractivity (Wildman–Crippen MR) is 119 cm³/mol. The first-order valence-electron chi connectivity index (χ1n) is 11.0. The quantitative estimate of drug-likeness (QED) is 0.663. The molecule has 2 N–H and O–H groups in total. The number of nitrogens with two attached hydrogens (primary N) is 1. The van der Waals surface area contributed by atoms with Crippen LogP contribution in [-0.2, 0) is 19.6 Å². The molecule has 0 aromatic heterocycles. The van der Waals surface area contributed by atoms with Crippen molar-refractivity contribution in [3.63, 3.8) is 0 Å². The Kier molecular flexibility index (Phi) is 5.55. The number of halogens is 1. The lowest BCUT2D eigenvalue weighted by Gasteiger charge is -2.59. The van der Waals surface area contributed by atoms with Crippen molar-refractivity contribution in [1.29, 1.82) is 0 Å². The smallest absolute Gasteiger partial charge is 0.245 e. The zero-order chi connectivity index (χ0) is 22.8. The number of carbonyl (C=O) groups is 2. The third-order valence-electron chi connectivity index (χ3n) is 8.36. The Hall–Kier alpha value is -1.44. The highest BCUT2D eigenvalue weighted by molar-refractivity contribution is 7.89. The van der Waals surface area contributed by atoms with Crippen LogP contribution in [0.2, 0.25) is 5.02 Å². The van der Waals surface area contributed by atoms with E-state index in [1.165, 1.54) is 19.2 Å². The van der Waals surface area contributed by atoms with E-state index in [2.05, 4.69) is 0 Å². The van der Waals surface area contributed by atoms with Crippen LogP contribution in [0.1, 0.15) is 52.4 Å². The van der Waals surface area contributed by atoms with Crippen molar-refractivity contribution in [2.24, 2.45) is 34.8 Å². The Balaban J connectivity index is 1.53. The number of Topliss-reactive ketones (excluding diaryl/α,β-unsaturated/α-hetero) is 1. The van der Waals surface area contributed by atoms with Gasteiger partial charge in [-0.3, -0.25) is 9.59 Å². The summed E-state index contributed by atoms with van der Waals surface area (Å²) in [4.78, 5) is 25.6. The fourth-order valence-corrected chi connectivity index (χ4v) is 8.50. The number of sulfonamides is 1. The molecule has 4 aliphatic carbocycles. The molecule has 31 heavy (non-hydrogen) atoms. The molecule has 4 aliphatic rings. The van der Waals surface area contributed by atoms with E-state index in [0.29, 0.717) is 24.2 Å². The zero-order valence-electron chi connectivity index (χ0n) is 18.3. The van der Waals surface area contributed by atoms with Crippen LogP contribution >= 0.6 is 11.6 Å². The molecule has 1 amide bonds. The first-order valence-corrected chi connectivity index (χ1v) is 12.8. The first-order chi connectivity index (χ1) is 14.4. The van der Waals surface area contributed by atoms with Crippen molar-refractivity contribution in [3.05, 3.63) is 29.3 Å². The van der Waals surface area contributed by atoms with Gasteiger partial charge in [-0.2, -0.15) is 4.31 Å². The topological polar surface area (TPSA) is 97.5 Å². The summed E-state index contributed by atoms with van der Waals surface area (Å²) in [6.07, 6.45) is 4.82. The minimum Gasteiger partial charge on any atom is -0.369 e. The van der Waals surface area contributed by atoms with Gasteiger partial charge in [0.05, 0.1) is 10.6 Å². The molecule has 1 aromatic carbocycles. The summed E-state index contributed by atoms with van der Waals surface area (Å²) in [6, 6.07) is 6.27. The van der Waals surface area contributed by atoms with Crippen LogP contribution in [0.25, 0.3) is 0 Å². The number of primary amides is 1. The van der Waals surface area contributed by atoms with E-state index in [9.17, 15) is 18.0 Å². The molecular formula is C23H31ClN2O4S. The van der Waals surface area contributed by atoms with E-state index in [-0.39, 0.29) is 27.5 Å². The predicted octanol–water partition coefficient (Wildman–Crippen LogP) is 3.63. The number of carbonyl (C=O) groups excluding carboxylic acids is 2. The Morgan fingerprint density at radius 2 is 1.74 bits per heavy atom. The fourth-order valence-electron chi connectivity index (χ4n) is 6.51. The molecule has 4 bridgehead atoms. The van der Waals surface area contributed by atoms with Gasteiger partial charge >= 0.3 is 0 Å². The van der Waals surface area contributed by atoms with Gasteiger partial charge in [-0.05, 0) is 81.8 Å². The monoisotopic (exact) mass is 466 g/mol. The molecule has 0 aliphatic heterocycles. The second-order valence-corrected chi connectivity index (χ2v) is 12.7. The maximum Gasteiger partial charge on any atom is 0.245 e. The average Bonchev–Trinajstić information content (AvgIpc) is 2.69. The molecule has 6 nitrogen and oxygen atoms in total. The van der Waals surface area contributed by atoms with Gasteiger partial charge in [0.15, 0.2) is 5.78 Å². The molecule has 0 spiro atoms. The number of likely N-dealkylation sites (N-methyl/N-ethyl adjacent to an activating group) is 1. The van der Waals surface area contributed by atoms with Crippen LogP contribution in [0.5, 0.6) is 0 Å². The summed E-state index contributed by atoms with van der Waals surface area (Å²) in [5.74, 6) is 1.03. The van der Waals surface area contributed by atoms with Crippen LogP contribution in [0.3, 0.4) is 0 Å². The summed E-state index contributed by atoms with van der Waals surface area (Å²) in [7, 11) is -2.50. The third-order valence-corrected chi connectivity index (χ3v) is 10.9. The van der Waals surface area contributed by atoms with Crippen molar-refractivity contribution >= 4 is 33.3 Å². The minimum absolute atomic E-state index is 0.00179. The Bertz CT molecular complexity index is 1010. The number of hydrogen-bond donors (Lipinski definition) is 1. The van der Waals surface area contributed by atoms with Crippen LogP contribution in [0.4, 0.5) is 0 Å². The normalized spacial score (nSPS) is 32.4. The van der Waals surface area contributed by atoms with Crippen molar-refractivity contribution in [3.8, 4) is 0 Å². The molecule has 0 heterocycles. The highest BCUT2D eigenvalue weighted by Crippen LogP contribution is 2.63. The number of rotatable bonds is 7. The molecule has 170 valence electrons. The lowest BCUT2D eigenvalue weighted by Crippen LogP contribution is -2.57. The maximum atomic E-state index is 13.4. The molecule has 1 aromatic rings. The Morgan fingerprint density at radius 3 is 2.29 bits per heavy atom. The van der Waals surface area contributed by atoms with Crippen molar-refractivity contribution in [2.75, 3.05) is 7.05 Å². The largest absolute Gasteiger partial charge is 0.369 e. The summed E-state index contributed by atoms with van der Waals surface area (Å²) in [6.45, 7) is 3.31. The number of amides is 1. The molecule has 2 atom stereocenters. The lowest BCUT2D eigenvalue weighted by molar-refractivity contribution is -0.152. The number of ketones is 1. The van der Waals surface area contributed by atoms with Gasteiger partial charge in [0, 0.05) is 18.9 Å². The van der Waals surface area contributed by atoms with E-state index in [1.54, 1.807) is 26.0 Å². The van der Waals surface area contributed by atoms with Gasteiger partial charge in [0.1, 0.15) is 4.90 Å². The third kappa shape index (κ3) is 3.62. The van der Waals surface area contributed by atoms with Crippen LogP contribution in [-0.4, -0.2) is 37.0 Å². The molecular weight excluding hydrogens is 436 g/mol. The van der Waals surface area contributed by atoms with E-state index in [0.717, 1.165) is 36.4 Å². The van der Waals surface area contributed by atoms with Gasteiger partial charge in [0.2, 0.25) is 15.9 Å². The van der Waals surface area contributed by atoms with Crippen LogP contribution in [0, 0.1) is 29.1 Å². The lowest BCUT2D eigenvalue weighted by atomic mass is 9.45. The van der Waals surface area contributed by atoms with Crippen LogP contribution in [0.15, 0.2) is 29.2 Å². The van der Waals surface area contributed by atoms with E-state index in [1.807, 2.05) is 0 Å². The highest BCUT2D eigenvalue weighted by Gasteiger charge is 2.58. The standard InChI is InChI=1S/C23H31ClN2O4S/c1-22(2,26(3)31(29,30)19-7-5-4-6-18(19)24)20(27)10-17-15-8-14-9-16(17)13-23(11-14,12-15)21(25)28/h4-7,14-17H,8-13H2,1-3H3,(H2,25,28). The van der Waals surface area contributed by atoms with Gasteiger partial charge in [-0.1, -0.05) is 23.7 Å². The minimum atomic E-state index is -3.94. The highest BCUT2D eigenvalue weighted by atomic mass is 35.5. The van der Waals surface area contributed by atoms with E-state index in [4.69, 9.17) is 17.3 Å². The zero-order valence-corrected chi connectivity index (χ0v) is 19.9. The second kappa shape index (κ2) is 7.56. The average molecular weight is 467 g/mol. The van der Waals surface area contributed by atoms with Gasteiger partial charge in [0.25, 0.3) is 0 Å². The number of benzene rings is 1. The van der Waals surface area contributed by atoms with Gasteiger partial charge in [-0.15, -0.1) is 0 Å². The van der Waals surface area contributed by atoms with E-state index < -0.39 is 21.0 Å². The molecule has 5 rings (SSSR count). The van der Waals surface area contributed by atoms with Crippen molar-refractivity contribution in [1.82, 2.24) is 4.31 Å². The second-order valence-electron chi connectivity index (χ2n) is 10.4. The van der Waals surface area contributed by atoms with Crippen molar-refractivity contribution < 1.29 is 18.0 Å². The fraction of sp³-hybridized carbons (Fsp3) is 0.652. The molecule has 2 unspecified atom stereocenters. The molecule has 4 saturated carbocycles. The molecule has 4 fully saturated rings. The molecule has 0 saturated heterocycles.